The second kappa shape index (κ2) is 7.11. The third kappa shape index (κ3) is 4.84. The number of carbonyl (C=O) groups is 1. The Labute approximate surface area is 107 Å². The van der Waals surface area contributed by atoms with Crippen molar-refractivity contribution in [1.82, 2.24) is 0 Å². The van der Waals surface area contributed by atoms with Crippen LogP contribution in [0.1, 0.15) is 29.8 Å². The molecule has 0 saturated heterocycles. The monoisotopic (exact) mass is 254 g/mol. The Balaban J connectivity index is 2.36. The molecule has 0 heterocycles. The highest BCUT2D eigenvalue weighted by Crippen LogP contribution is 2.11. The molecule has 0 N–H and O–H groups in total. The molecule has 0 aliphatic carbocycles. The molecule has 3 nitrogen and oxygen atoms in total. The van der Waals surface area contributed by atoms with Crippen LogP contribution in [-0.2, 0) is 9.47 Å². The van der Waals surface area contributed by atoms with Gasteiger partial charge < -0.3 is 9.47 Å². The highest BCUT2D eigenvalue weighted by Gasteiger charge is 2.10. The smallest absolute Gasteiger partial charge is 0.338 e. The number of hydrogen-bond acceptors (Lipinski definition) is 3. The summed E-state index contributed by atoms with van der Waals surface area (Å²) in [6.45, 7) is 7.01. The first kappa shape index (κ1) is 14.6. The molecule has 0 fully saturated rings. The molecule has 1 rings (SSSR count). The van der Waals surface area contributed by atoms with Gasteiger partial charge in [0.05, 0.1) is 12.2 Å². The van der Waals surface area contributed by atoms with Crippen LogP contribution in [0.25, 0.3) is 0 Å². The van der Waals surface area contributed by atoms with Crippen molar-refractivity contribution in [3.63, 3.8) is 0 Å². The second-order valence-electron chi connectivity index (χ2n) is 4.56. The Morgan fingerprint density at radius 2 is 2.06 bits per heavy atom. The summed E-state index contributed by atoms with van der Waals surface area (Å²) < 4.78 is 23.2. The molecule has 100 valence electrons. The zero-order valence-corrected chi connectivity index (χ0v) is 11.0. The lowest BCUT2D eigenvalue weighted by Gasteiger charge is -2.09. The van der Waals surface area contributed by atoms with Crippen molar-refractivity contribution < 1.29 is 18.7 Å². The van der Waals surface area contributed by atoms with Crippen molar-refractivity contribution in [2.75, 3.05) is 19.8 Å². The molecule has 1 aromatic carbocycles. The van der Waals surface area contributed by atoms with Gasteiger partial charge in [0.15, 0.2) is 0 Å². The van der Waals surface area contributed by atoms with Crippen molar-refractivity contribution in [2.45, 2.75) is 20.8 Å². The lowest BCUT2D eigenvalue weighted by molar-refractivity contribution is 0.0277. The van der Waals surface area contributed by atoms with Crippen molar-refractivity contribution in [3.8, 4) is 0 Å². The molecule has 0 amide bonds. The fourth-order valence-electron chi connectivity index (χ4n) is 1.45. The summed E-state index contributed by atoms with van der Waals surface area (Å²) in [5, 5.41) is 0. The van der Waals surface area contributed by atoms with Crippen molar-refractivity contribution in [2.24, 2.45) is 5.92 Å². The average molecular weight is 254 g/mol. The Morgan fingerprint density at radius 3 is 2.67 bits per heavy atom. The second-order valence-corrected chi connectivity index (χ2v) is 4.56. The molecule has 18 heavy (non-hydrogen) atoms. The van der Waals surface area contributed by atoms with E-state index in [1.54, 1.807) is 6.92 Å². The van der Waals surface area contributed by atoms with Gasteiger partial charge in [0.2, 0.25) is 0 Å². The third-order valence-electron chi connectivity index (χ3n) is 2.32. The number of aryl methyl sites for hydroxylation is 1. The van der Waals surface area contributed by atoms with Gasteiger partial charge in [0, 0.05) is 6.61 Å². The zero-order chi connectivity index (χ0) is 13.5. The third-order valence-corrected chi connectivity index (χ3v) is 2.32. The minimum Gasteiger partial charge on any atom is -0.460 e. The SMILES string of the molecule is Cc1cc(F)ccc1C(=O)OCCOCC(C)C. The molecule has 0 atom stereocenters. The lowest BCUT2D eigenvalue weighted by atomic mass is 10.1. The summed E-state index contributed by atoms with van der Waals surface area (Å²) in [5.41, 5.74) is 0.961. The normalized spacial score (nSPS) is 10.7. The highest BCUT2D eigenvalue weighted by molar-refractivity contribution is 5.90. The van der Waals surface area contributed by atoms with Crippen LogP contribution in [0.2, 0.25) is 0 Å². The Kier molecular flexibility index (Phi) is 5.78. The van der Waals surface area contributed by atoms with E-state index in [4.69, 9.17) is 9.47 Å². The van der Waals surface area contributed by atoms with E-state index in [2.05, 4.69) is 0 Å². The molecule has 0 spiro atoms. The van der Waals surface area contributed by atoms with Crippen molar-refractivity contribution in [1.29, 1.82) is 0 Å². The topological polar surface area (TPSA) is 35.5 Å². The molecule has 0 aliphatic rings. The molecule has 0 radical (unpaired) electrons. The number of halogens is 1. The number of hydrogen-bond donors (Lipinski definition) is 0. The number of rotatable bonds is 6. The van der Waals surface area contributed by atoms with Crippen molar-refractivity contribution >= 4 is 5.97 Å². The van der Waals surface area contributed by atoms with E-state index in [9.17, 15) is 9.18 Å². The van der Waals surface area contributed by atoms with Gasteiger partial charge in [-0.1, -0.05) is 13.8 Å². The Bertz CT molecular complexity index is 402. The van der Waals surface area contributed by atoms with Gasteiger partial charge in [-0.2, -0.15) is 0 Å². The van der Waals surface area contributed by atoms with Crippen molar-refractivity contribution in [3.05, 3.63) is 35.1 Å². The van der Waals surface area contributed by atoms with E-state index in [1.165, 1.54) is 18.2 Å². The first-order valence-electron chi connectivity index (χ1n) is 6.01. The van der Waals surface area contributed by atoms with Gasteiger partial charge in [0.1, 0.15) is 12.4 Å². The molecule has 4 heteroatoms. The van der Waals surface area contributed by atoms with Gasteiger partial charge in [-0.25, -0.2) is 9.18 Å². The average Bonchev–Trinajstić information content (AvgIpc) is 2.27. The van der Waals surface area contributed by atoms with Crippen LogP contribution in [0.5, 0.6) is 0 Å². The molecule has 0 bridgehead atoms. The van der Waals surface area contributed by atoms with Crippen LogP contribution in [0.15, 0.2) is 18.2 Å². The number of carbonyl (C=O) groups excluding carboxylic acids is 1. The maximum atomic E-state index is 12.9. The minimum atomic E-state index is -0.444. The quantitative estimate of drug-likeness (QED) is 0.578. The van der Waals surface area contributed by atoms with Crippen LogP contribution in [0.4, 0.5) is 4.39 Å². The van der Waals surface area contributed by atoms with Crippen LogP contribution < -0.4 is 0 Å². The minimum absolute atomic E-state index is 0.211. The number of esters is 1. The number of benzene rings is 1. The molecule has 0 saturated carbocycles. The van der Waals surface area contributed by atoms with E-state index >= 15 is 0 Å². The maximum absolute atomic E-state index is 12.9. The predicted molar refractivity (Wildman–Crippen MR) is 67.1 cm³/mol. The summed E-state index contributed by atoms with van der Waals surface area (Å²) in [7, 11) is 0. The van der Waals surface area contributed by atoms with Gasteiger partial charge in [0.25, 0.3) is 0 Å². The summed E-state index contributed by atoms with van der Waals surface area (Å²) in [6.07, 6.45) is 0. The van der Waals surface area contributed by atoms with Gasteiger partial charge >= 0.3 is 5.97 Å². The molecular weight excluding hydrogens is 235 g/mol. The Hall–Kier alpha value is -1.42. The van der Waals surface area contributed by atoms with Gasteiger partial charge in [-0.15, -0.1) is 0 Å². The molecular formula is C14H19FO3. The van der Waals surface area contributed by atoms with E-state index in [1.807, 2.05) is 13.8 Å². The van der Waals surface area contributed by atoms with Gasteiger partial charge in [-0.3, -0.25) is 0 Å². The number of ether oxygens (including phenoxy) is 2. The van der Waals surface area contributed by atoms with Crippen LogP contribution in [0.3, 0.4) is 0 Å². The first-order chi connectivity index (χ1) is 8.50. The van der Waals surface area contributed by atoms with E-state index in [-0.39, 0.29) is 12.4 Å². The standard InChI is InChI=1S/C14H19FO3/c1-10(2)9-17-6-7-18-14(16)13-5-4-12(15)8-11(13)3/h4-5,8,10H,6-7,9H2,1-3H3. The first-order valence-corrected chi connectivity index (χ1v) is 6.01. The van der Waals surface area contributed by atoms with Gasteiger partial charge in [-0.05, 0) is 36.6 Å². The zero-order valence-electron chi connectivity index (χ0n) is 11.0. The van der Waals surface area contributed by atoms with E-state index in [0.717, 1.165) is 0 Å². The van der Waals surface area contributed by atoms with Crippen LogP contribution in [0, 0.1) is 18.7 Å². The maximum Gasteiger partial charge on any atom is 0.338 e. The molecule has 0 aromatic heterocycles. The summed E-state index contributed by atoms with van der Waals surface area (Å²) in [4.78, 5) is 11.7. The summed E-state index contributed by atoms with van der Waals surface area (Å²) in [5.74, 6) is -0.343. The molecule has 0 unspecified atom stereocenters. The summed E-state index contributed by atoms with van der Waals surface area (Å²) >= 11 is 0. The largest absolute Gasteiger partial charge is 0.460 e. The fraction of sp³-hybridized carbons (Fsp3) is 0.500. The fourth-order valence-corrected chi connectivity index (χ4v) is 1.45. The summed E-state index contributed by atoms with van der Waals surface area (Å²) in [6, 6.07) is 3.99. The van der Waals surface area contributed by atoms with E-state index < -0.39 is 5.97 Å². The molecule has 1 aromatic rings. The lowest BCUT2D eigenvalue weighted by Crippen LogP contribution is -2.13. The predicted octanol–water partition coefficient (Wildman–Crippen LogP) is 2.96. The Morgan fingerprint density at radius 1 is 1.33 bits per heavy atom. The molecule has 0 aliphatic heterocycles. The van der Waals surface area contributed by atoms with E-state index in [0.29, 0.717) is 30.3 Å². The highest BCUT2D eigenvalue weighted by atomic mass is 19.1. The van der Waals surface area contributed by atoms with Crippen LogP contribution in [-0.4, -0.2) is 25.8 Å². The van der Waals surface area contributed by atoms with Crippen LogP contribution >= 0.6 is 0 Å².